The molecule has 7 nitrogen and oxygen atoms in total. The van der Waals surface area contributed by atoms with Gasteiger partial charge >= 0.3 is 0 Å². The molecule has 0 radical (unpaired) electrons. The Kier molecular flexibility index (Phi) is 3.91. The van der Waals surface area contributed by atoms with Gasteiger partial charge in [0.05, 0.1) is 23.4 Å². The van der Waals surface area contributed by atoms with Crippen molar-refractivity contribution in [2.24, 2.45) is 5.92 Å². The molecule has 0 N–H and O–H groups in total. The van der Waals surface area contributed by atoms with Crippen molar-refractivity contribution in [3.05, 3.63) is 0 Å². The van der Waals surface area contributed by atoms with Gasteiger partial charge in [-0.3, -0.25) is 4.79 Å². The largest absolute Gasteiger partial charge is 0.371 e. The fraction of sp³-hybridized carbons (Fsp3) is 0.933. The lowest BCUT2D eigenvalue weighted by Crippen LogP contribution is -2.52. The zero-order chi connectivity index (χ0) is 16.2. The number of hydrogen-bond donors (Lipinski definition) is 0. The molecule has 0 aromatic carbocycles. The summed E-state index contributed by atoms with van der Waals surface area (Å²) in [4.78, 5) is 17.0. The second-order valence-electron chi connectivity index (χ2n) is 7.33. The first kappa shape index (κ1) is 15.8. The van der Waals surface area contributed by atoms with E-state index >= 15 is 0 Å². The molecule has 8 heteroatoms. The molecule has 1 aliphatic carbocycles. The number of rotatable bonds is 3. The van der Waals surface area contributed by atoms with E-state index in [1.54, 1.807) is 4.31 Å². The van der Waals surface area contributed by atoms with E-state index in [4.69, 9.17) is 4.74 Å². The van der Waals surface area contributed by atoms with Gasteiger partial charge in [0.25, 0.3) is 0 Å². The highest BCUT2D eigenvalue weighted by molar-refractivity contribution is 7.90. The standard InChI is InChI=1S/C15H25N3O4S/c1-16-4-6-17(7-5-16)15(19)13-8-11-9-18(10-14(13)22-11)23(20,21)12-2-3-12/h11-14H,2-10H2,1H3/t11-,13+,14-/m1/s1. The lowest BCUT2D eigenvalue weighted by Gasteiger charge is -2.35. The summed E-state index contributed by atoms with van der Waals surface area (Å²) in [6.45, 7) is 4.08. The zero-order valence-electron chi connectivity index (χ0n) is 13.6. The summed E-state index contributed by atoms with van der Waals surface area (Å²) >= 11 is 0. The summed E-state index contributed by atoms with van der Waals surface area (Å²) in [6.07, 6.45) is 1.82. The molecule has 1 amide bonds. The lowest BCUT2D eigenvalue weighted by molar-refractivity contribution is -0.139. The SMILES string of the molecule is CN1CCN(C(=O)[C@H]2C[C@@H]3CN(S(=O)(=O)C4CC4)C[C@H]2O3)CC1. The predicted octanol–water partition coefficient (Wildman–Crippen LogP) is -0.658. The second kappa shape index (κ2) is 5.68. The Morgan fingerprint density at radius 2 is 1.78 bits per heavy atom. The minimum Gasteiger partial charge on any atom is -0.371 e. The molecule has 4 rings (SSSR count). The highest BCUT2D eigenvalue weighted by atomic mass is 32.2. The molecule has 3 saturated heterocycles. The van der Waals surface area contributed by atoms with Crippen LogP contribution in [0.25, 0.3) is 0 Å². The normalized spacial score (nSPS) is 36.4. The molecule has 23 heavy (non-hydrogen) atoms. The Hall–Kier alpha value is -0.700. The molecule has 0 unspecified atom stereocenters. The Balaban J connectivity index is 1.43. The number of sulfonamides is 1. The van der Waals surface area contributed by atoms with Crippen LogP contribution in [0.2, 0.25) is 0 Å². The maximum Gasteiger partial charge on any atom is 0.228 e. The van der Waals surface area contributed by atoms with Gasteiger partial charge in [-0.25, -0.2) is 8.42 Å². The van der Waals surface area contributed by atoms with Gasteiger partial charge < -0.3 is 14.5 Å². The van der Waals surface area contributed by atoms with E-state index in [-0.39, 0.29) is 29.3 Å². The number of amides is 1. The van der Waals surface area contributed by atoms with Gasteiger partial charge in [-0.15, -0.1) is 0 Å². The van der Waals surface area contributed by atoms with E-state index < -0.39 is 10.0 Å². The van der Waals surface area contributed by atoms with Gasteiger partial charge in [0.1, 0.15) is 0 Å². The van der Waals surface area contributed by atoms with Crippen molar-refractivity contribution >= 4 is 15.9 Å². The van der Waals surface area contributed by atoms with Crippen LogP contribution < -0.4 is 0 Å². The molecule has 4 aliphatic rings. The maximum absolute atomic E-state index is 12.8. The smallest absolute Gasteiger partial charge is 0.228 e. The Morgan fingerprint density at radius 3 is 2.43 bits per heavy atom. The molecule has 130 valence electrons. The first-order chi connectivity index (χ1) is 10.9. The van der Waals surface area contributed by atoms with E-state index in [1.165, 1.54) is 0 Å². The number of fused-ring (bicyclic) bond motifs is 2. The molecule has 0 aromatic rings. The summed E-state index contributed by atoms with van der Waals surface area (Å²) in [5.74, 6) is -0.0286. The van der Waals surface area contributed by atoms with Crippen molar-refractivity contribution < 1.29 is 17.9 Å². The van der Waals surface area contributed by atoms with Crippen molar-refractivity contribution in [2.75, 3.05) is 46.3 Å². The van der Waals surface area contributed by atoms with Crippen LogP contribution in [0.1, 0.15) is 19.3 Å². The number of likely N-dealkylation sites (N-methyl/N-ethyl adjacent to an activating group) is 1. The van der Waals surface area contributed by atoms with E-state index in [9.17, 15) is 13.2 Å². The van der Waals surface area contributed by atoms with Crippen molar-refractivity contribution in [3.63, 3.8) is 0 Å². The van der Waals surface area contributed by atoms with Crippen LogP contribution in [0.3, 0.4) is 0 Å². The summed E-state index contributed by atoms with van der Waals surface area (Å²) < 4.78 is 32.4. The average Bonchev–Trinajstić information content (AvgIpc) is 3.34. The van der Waals surface area contributed by atoms with Crippen LogP contribution in [0.4, 0.5) is 0 Å². The Morgan fingerprint density at radius 1 is 1.09 bits per heavy atom. The summed E-state index contributed by atoms with van der Waals surface area (Å²) in [5, 5.41) is -0.188. The topological polar surface area (TPSA) is 70.2 Å². The number of carbonyl (C=O) groups is 1. The van der Waals surface area contributed by atoms with Gasteiger partial charge in [0.15, 0.2) is 0 Å². The van der Waals surface area contributed by atoms with Crippen molar-refractivity contribution in [1.29, 1.82) is 0 Å². The predicted molar refractivity (Wildman–Crippen MR) is 84.4 cm³/mol. The van der Waals surface area contributed by atoms with Gasteiger partial charge in [0, 0.05) is 39.3 Å². The minimum atomic E-state index is -3.17. The first-order valence-corrected chi connectivity index (χ1v) is 10.1. The number of nitrogens with zero attached hydrogens (tertiary/aromatic N) is 3. The molecule has 4 fully saturated rings. The van der Waals surface area contributed by atoms with Crippen LogP contribution in [-0.2, 0) is 19.6 Å². The van der Waals surface area contributed by atoms with Crippen LogP contribution in [0, 0.1) is 5.92 Å². The highest BCUT2D eigenvalue weighted by Crippen LogP contribution is 2.38. The van der Waals surface area contributed by atoms with Crippen LogP contribution in [-0.4, -0.2) is 92.2 Å². The highest BCUT2D eigenvalue weighted by Gasteiger charge is 2.51. The van der Waals surface area contributed by atoms with Gasteiger partial charge in [0.2, 0.25) is 15.9 Å². The molecular formula is C15H25N3O4S. The second-order valence-corrected chi connectivity index (χ2v) is 9.54. The molecule has 3 aliphatic heterocycles. The van der Waals surface area contributed by atoms with E-state index in [0.717, 1.165) is 39.0 Å². The fourth-order valence-electron chi connectivity index (χ4n) is 3.93. The van der Waals surface area contributed by atoms with E-state index in [1.807, 2.05) is 4.90 Å². The molecular weight excluding hydrogens is 318 g/mol. The van der Waals surface area contributed by atoms with Crippen molar-refractivity contribution in [1.82, 2.24) is 14.1 Å². The van der Waals surface area contributed by atoms with Crippen LogP contribution >= 0.6 is 0 Å². The number of carbonyl (C=O) groups excluding carboxylic acids is 1. The zero-order valence-corrected chi connectivity index (χ0v) is 14.4. The average molecular weight is 343 g/mol. The minimum absolute atomic E-state index is 0.122. The van der Waals surface area contributed by atoms with Gasteiger partial charge in [-0.2, -0.15) is 4.31 Å². The molecule has 3 atom stereocenters. The molecule has 1 saturated carbocycles. The number of piperazine rings is 1. The van der Waals surface area contributed by atoms with Gasteiger partial charge in [-0.05, 0) is 26.3 Å². The first-order valence-electron chi connectivity index (χ1n) is 8.57. The van der Waals surface area contributed by atoms with Crippen LogP contribution in [0.5, 0.6) is 0 Å². The molecule has 0 aromatic heterocycles. The molecule has 2 bridgehead atoms. The summed E-state index contributed by atoms with van der Waals surface area (Å²) in [5.41, 5.74) is 0. The Bertz CT molecular complexity index is 584. The fourth-order valence-corrected chi connectivity index (χ4v) is 5.81. The van der Waals surface area contributed by atoms with E-state index in [2.05, 4.69) is 11.9 Å². The van der Waals surface area contributed by atoms with Crippen molar-refractivity contribution in [3.8, 4) is 0 Å². The lowest BCUT2D eigenvalue weighted by atomic mass is 9.98. The Labute approximate surface area is 137 Å². The van der Waals surface area contributed by atoms with Gasteiger partial charge in [-0.1, -0.05) is 0 Å². The van der Waals surface area contributed by atoms with E-state index in [0.29, 0.717) is 19.5 Å². The van der Waals surface area contributed by atoms with Crippen molar-refractivity contribution in [2.45, 2.75) is 36.7 Å². The monoisotopic (exact) mass is 343 g/mol. The third-order valence-electron chi connectivity index (χ3n) is 5.56. The maximum atomic E-state index is 12.8. The summed E-state index contributed by atoms with van der Waals surface area (Å²) in [6, 6.07) is 0. The molecule has 3 heterocycles. The number of morpholine rings is 1. The summed E-state index contributed by atoms with van der Waals surface area (Å²) in [7, 11) is -1.11. The van der Waals surface area contributed by atoms with Crippen LogP contribution in [0.15, 0.2) is 0 Å². The third-order valence-corrected chi connectivity index (χ3v) is 7.89. The number of ether oxygens (including phenoxy) is 1. The molecule has 0 spiro atoms. The quantitative estimate of drug-likeness (QED) is 0.681. The number of hydrogen-bond acceptors (Lipinski definition) is 5. The third kappa shape index (κ3) is 2.90.